The summed E-state index contributed by atoms with van der Waals surface area (Å²) >= 11 is 0. The minimum absolute atomic E-state index is 0.167. The first-order valence-electron chi connectivity index (χ1n) is 10.9. The van der Waals surface area contributed by atoms with Gasteiger partial charge >= 0.3 is 5.97 Å². The van der Waals surface area contributed by atoms with E-state index in [1.807, 2.05) is 24.3 Å². The molecule has 0 fully saturated rings. The van der Waals surface area contributed by atoms with Crippen LogP contribution in [0.15, 0.2) is 78.9 Å². The number of benzene rings is 3. The van der Waals surface area contributed by atoms with Gasteiger partial charge in [0.05, 0.1) is 36.7 Å². The van der Waals surface area contributed by atoms with Crippen LogP contribution in [-0.4, -0.2) is 35.4 Å². The molecule has 8 nitrogen and oxygen atoms in total. The van der Waals surface area contributed by atoms with E-state index in [9.17, 15) is 9.59 Å². The Kier molecular flexibility index (Phi) is 6.88. The molecule has 1 N–H and O–H groups in total. The van der Waals surface area contributed by atoms with Crippen LogP contribution in [0, 0.1) is 11.3 Å². The number of methoxy groups -OCH3 is 1. The first kappa shape index (κ1) is 23.3. The van der Waals surface area contributed by atoms with Gasteiger partial charge in [0.25, 0.3) is 5.91 Å². The molecular formula is C27H22N4O4. The number of nitrogens with one attached hydrogen (secondary N) is 1. The SMILES string of the molecule is CCOC(=O)c1cc(-c2cccc(NC(=O)c3cccc(C#N)c3)c2)n(-c2ccc(OC)cc2)n1. The third-order valence-electron chi connectivity index (χ3n) is 5.18. The molecule has 8 heteroatoms. The number of ether oxygens (including phenoxy) is 2. The molecule has 0 unspecified atom stereocenters. The average Bonchev–Trinajstić information content (AvgIpc) is 3.35. The van der Waals surface area contributed by atoms with Crippen LogP contribution < -0.4 is 10.1 Å². The van der Waals surface area contributed by atoms with Gasteiger partial charge < -0.3 is 14.8 Å². The zero-order valence-electron chi connectivity index (χ0n) is 19.2. The Morgan fingerprint density at radius 1 is 1.03 bits per heavy atom. The molecule has 4 rings (SSSR count). The summed E-state index contributed by atoms with van der Waals surface area (Å²) in [5.74, 6) is -0.170. The van der Waals surface area contributed by atoms with E-state index in [1.165, 1.54) is 6.07 Å². The highest BCUT2D eigenvalue weighted by molar-refractivity contribution is 6.04. The van der Waals surface area contributed by atoms with Crippen LogP contribution in [0.4, 0.5) is 5.69 Å². The molecule has 0 bridgehead atoms. The molecule has 0 aliphatic heterocycles. The van der Waals surface area contributed by atoms with E-state index < -0.39 is 5.97 Å². The van der Waals surface area contributed by atoms with E-state index in [0.29, 0.717) is 28.3 Å². The number of hydrogen-bond acceptors (Lipinski definition) is 6. The van der Waals surface area contributed by atoms with Gasteiger partial charge in [0.1, 0.15) is 5.75 Å². The molecule has 0 atom stereocenters. The molecule has 0 saturated heterocycles. The minimum atomic E-state index is -0.525. The Balaban J connectivity index is 1.70. The second-order valence-electron chi connectivity index (χ2n) is 7.47. The van der Waals surface area contributed by atoms with Crippen molar-refractivity contribution in [1.82, 2.24) is 9.78 Å². The highest BCUT2D eigenvalue weighted by Gasteiger charge is 2.18. The summed E-state index contributed by atoms with van der Waals surface area (Å²) in [5.41, 5.74) is 3.59. The maximum atomic E-state index is 12.7. The number of carbonyl (C=O) groups is 2. The van der Waals surface area contributed by atoms with Gasteiger partial charge in [-0.05, 0) is 67.6 Å². The summed E-state index contributed by atoms with van der Waals surface area (Å²) in [7, 11) is 1.59. The lowest BCUT2D eigenvalue weighted by molar-refractivity contribution is 0.0519. The minimum Gasteiger partial charge on any atom is -0.497 e. The summed E-state index contributed by atoms with van der Waals surface area (Å²) in [6.07, 6.45) is 0. The number of rotatable bonds is 7. The summed E-state index contributed by atoms with van der Waals surface area (Å²) in [4.78, 5) is 25.1. The monoisotopic (exact) mass is 466 g/mol. The third kappa shape index (κ3) is 5.20. The maximum Gasteiger partial charge on any atom is 0.358 e. The van der Waals surface area contributed by atoms with Crippen molar-refractivity contribution >= 4 is 17.6 Å². The van der Waals surface area contributed by atoms with Crippen molar-refractivity contribution in [2.24, 2.45) is 0 Å². The number of carbonyl (C=O) groups excluding carboxylic acids is 2. The van der Waals surface area contributed by atoms with Gasteiger partial charge in [-0.15, -0.1) is 0 Å². The molecule has 4 aromatic rings. The number of nitrogens with zero attached hydrogens (tertiary/aromatic N) is 3. The molecule has 0 aliphatic carbocycles. The van der Waals surface area contributed by atoms with Crippen LogP contribution in [-0.2, 0) is 4.74 Å². The van der Waals surface area contributed by atoms with E-state index in [0.717, 1.165) is 11.3 Å². The van der Waals surface area contributed by atoms with E-state index in [1.54, 1.807) is 73.3 Å². The Labute approximate surface area is 202 Å². The predicted molar refractivity (Wildman–Crippen MR) is 131 cm³/mol. The molecule has 1 heterocycles. The Bertz CT molecular complexity index is 1420. The van der Waals surface area contributed by atoms with Crippen molar-refractivity contribution in [1.29, 1.82) is 5.26 Å². The second kappa shape index (κ2) is 10.4. The molecule has 174 valence electrons. The van der Waals surface area contributed by atoms with Crippen molar-refractivity contribution in [3.05, 3.63) is 95.7 Å². The highest BCUT2D eigenvalue weighted by atomic mass is 16.5. The summed E-state index contributed by atoms with van der Waals surface area (Å²) in [6.45, 7) is 1.97. The van der Waals surface area contributed by atoms with Crippen LogP contribution in [0.2, 0.25) is 0 Å². The van der Waals surface area contributed by atoms with E-state index in [-0.39, 0.29) is 18.2 Å². The lowest BCUT2D eigenvalue weighted by atomic mass is 10.1. The predicted octanol–water partition coefficient (Wildman–Crippen LogP) is 4.85. The van der Waals surface area contributed by atoms with Crippen LogP contribution in [0.1, 0.15) is 33.3 Å². The number of anilines is 1. The number of aromatic nitrogens is 2. The van der Waals surface area contributed by atoms with Gasteiger partial charge in [0, 0.05) is 16.8 Å². The van der Waals surface area contributed by atoms with Gasteiger partial charge in [-0.1, -0.05) is 18.2 Å². The molecule has 1 amide bonds. The summed E-state index contributed by atoms with van der Waals surface area (Å²) in [6, 6.07) is 24.6. The maximum absolute atomic E-state index is 12.7. The lowest BCUT2D eigenvalue weighted by Crippen LogP contribution is -2.12. The molecule has 1 aromatic heterocycles. The van der Waals surface area contributed by atoms with Gasteiger partial charge in [-0.25, -0.2) is 9.48 Å². The van der Waals surface area contributed by atoms with Gasteiger partial charge in [-0.3, -0.25) is 4.79 Å². The number of hydrogen-bond donors (Lipinski definition) is 1. The van der Waals surface area contributed by atoms with E-state index in [2.05, 4.69) is 10.4 Å². The highest BCUT2D eigenvalue weighted by Crippen LogP contribution is 2.28. The standard InChI is InChI=1S/C27H22N4O4/c1-3-35-27(33)24-16-25(31(30-24)22-10-12-23(34-2)13-11-22)19-7-5-9-21(15-19)29-26(32)20-8-4-6-18(14-20)17-28/h4-16H,3H2,1-2H3,(H,29,32). The zero-order valence-corrected chi connectivity index (χ0v) is 19.2. The first-order valence-corrected chi connectivity index (χ1v) is 10.9. The Morgan fingerprint density at radius 2 is 1.80 bits per heavy atom. The molecule has 0 saturated carbocycles. The van der Waals surface area contributed by atoms with Crippen molar-refractivity contribution in [2.45, 2.75) is 6.92 Å². The van der Waals surface area contributed by atoms with Crippen molar-refractivity contribution in [3.63, 3.8) is 0 Å². The molecule has 0 aliphatic rings. The van der Waals surface area contributed by atoms with Gasteiger partial charge in [-0.2, -0.15) is 10.4 Å². The largest absolute Gasteiger partial charge is 0.497 e. The number of esters is 1. The molecule has 35 heavy (non-hydrogen) atoms. The topological polar surface area (TPSA) is 106 Å². The fourth-order valence-corrected chi connectivity index (χ4v) is 3.50. The fraction of sp³-hybridized carbons (Fsp3) is 0.111. The lowest BCUT2D eigenvalue weighted by Gasteiger charge is -2.11. The summed E-state index contributed by atoms with van der Waals surface area (Å²) < 4.78 is 12.0. The molecule has 0 radical (unpaired) electrons. The number of amides is 1. The van der Waals surface area contributed by atoms with Gasteiger partial charge in [0.15, 0.2) is 5.69 Å². The normalized spacial score (nSPS) is 10.3. The summed E-state index contributed by atoms with van der Waals surface area (Å²) in [5, 5.41) is 16.4. The Morgan fingerprint density at radius 3 is 2.51 bits per heavy atom. The fourth-order valence-electron chi connectivity index (χ4n) is 3.50. The smallest absolute Gasteiger partial charge is 0.358 e. The van der Waals surface area contributed by atoms with Crippen LogP contribution >= 0.6 is 0 Å². The van der Waals surface area contributed by atoms with Crippen molar-refractivity contribution < 1.29 is 19.1 Å². The van der Waals surface area contributed by atoms with Crippen molar-refractivity contribution in [2.75, 3.05) is 19.0 Å². The van der Waals surface area contributed by atoms with E-state index in [4.69, 9.17) is 14.7 Å². The van der Waals surface area contributed by atoms with Crippen molar-refractivity contribution in [3.8, 4) is 28.8 Å². The quantitative estimate of drug-likeness (QED) is 0.390. The van der Waals surface area contributed by atoms with Crippen LogP contribution in [0.5, 0.6) is 5.75 Å². The van der Waals surface area contributed by atoms with E-state index >= 15 is 0 Å². The molecular weight excluding hydrogens is 444 g/mol. The average molecular weight is 466 g/mol. The van der Waals surface area contributed by atoms with Crippen LogP contribution in [0.3, 0.4) is 0 Å². The zero-order chi connectivity index (χ0) is 24.8. The second-order valence-corrected chi connectivity index (χ2v) is 7.47. The Hall–Kier alpha value is -4.90. The van der Waals surface area contributed by atoms with Gasteiger partial charge in [0.2, 0.25) is 0 Å². The number of nitriles is 1. The molecule has 3 aromatic carbocycles. The third-order valence-corrected chi connectivity index (χ3v) is 5.18. The molecule has 0 spiro atoms. The first-order chi connectivity index (χ1) is 17.0. The van der Waals surface area contributed by atoms with Crippen LogP contribution in [0.25, 0.3) is 16.9 Å².